The van der Waals surface area contributed by atoms with Crippen molar-refractivity contribution >= 4 is 23.4 Å². The quantitative estimate of drug-likeness (QED) is 0.810. The van der Waals surface area contributed by atoms with Crippen LogP contribution in [0.2, 0.25) is 5.02 Å². The van der Waals surface area contributed by atoms with Gasteiger partial charge in [0.2, 0.25) is 5.91 Å². The molecule has 4 rings (SSSR count). The molecular formula is C20H25ClN2O3. The Hall–Kier alpha value is -1.75. The fraction of sp³-hybridized carbons (Fsp3) is 0.600. The number of halogens is 1. The molecular weight excluding hydrogens is 352 g/mol. The molecule has 0 bridgehead atoms. The third kappa shape index (κ3) is 3.18. The molecule has 3 aliphatic rings. The summed E-state index contributed by atoms with van der Waals surface area (Å²) in [6.45, 7) is 2.88. The zero-order valence-corrected chi connectivity index (χ0v) is 15.9. The summed E-state index contributed by atoms with van der Waals surface area (Å²) in [5, 5.41) is 0.507. The first kappa shape index (κ1) is 17.7. The molecule has 3 fully saturated rings. The Balaban J connectivity index is 1.51. The van der Waals surface area contributed by atoms with Crippen molar-refractivity contribution in [2.75, 3.05) is 33.3 Å². The molecule has 1 atom stereocenters. The number of nitrogens with zero attached hydrogens (tertiary/aromatic N) is 2. The molecule has 2 aliphatic heterocycles. The van der Waals surface area contributed by atoms with Crippen LogP contribution >= 0.6 is 11.6 Å². The summed E-state index contributed by atoms with van der Waals surface area (Å²) in [5.74, 6) is 1.37. The lowest BCUT2D eigenvalue weighted by Crippen LogP contribution is -2.50. The maximum Gasteiger partial charge on any atom is 0.257 e. The van der Waals surface area contributed by atoms with Gasteiger partial charge in [-0.05, 0) is 56.2 Å². The lowest BCUT2D eigenvalue weighted by Gasteiger charge is -2.39. The van der Waals surface area contributed by atoms with Gasteiger partial charge in [0, 0.05) is 31.2 Å². The van der Waals surface area contributed by atoms with Crippen molar-refractivity contribution in [2.45, 2.75) is 32.1 Å². The van der Waals surface area contributed by atoms with Crippen molar-refractivity contribution in [3.05, 3.63) is 28.8 Å². The van der Waals surface area contributed by atoms with E-state index < -0.39 is 5.41 Å². The maximum absolute atomic E-state index is 13.1. The number of hydrogen-bond acceptors (Lipinski definition) is 3. The molecule has 1 aromatic rings. The van der Waals surface area contributed by atoms with Crippen LogP contribution in [0.3, 0.4) is 0 Å². The second kappa shape index (κ2) is 6.76. The lowest BCUT2D eigenvalue weighted by atomic mass is 9.78. The van der Waals surface area contributed by atoms with Gasteiger partial charge in [-0.1, -0.05) is 11.6 Å². The van der Waals surface area contributed by atoms with Crippen molar-refractivity contribution in [3.63, 3.8) is 0 Å². The highest BCUT2D eigenvalue weighted by atomic mass is 35.5. The van der Waals surface area contributed by atoms with E-state index in [1.165, 1.54) is 12.8 Å². The molecule has 1 saturated carbocycles. The predicted octanol–water partition coefficient (Wildman–Crippen LogP) is 3.21. The maximum atomic E-state index is 13.1. The second-order valence-corrected chi connectivity index (χ2v) is 8.34. The van der Waals surface area contributed by atoms with E-state index in [0.29, 0.717) is 35.3 Å². The monoisotopic (exact) mass is 376 g/mol. The van der Waals surface area contributed by atoms with Crippen LogP contribution in [0.5, 0.6) is 5.75 Å². The standard InChI is InChI=1S/C20H25ClN2O3/c1-26-17-6-5-15(21)11-16(17)18(24)23-10-8-20(13-23)7-2-9-22(19(20)25)12-14-3-4-14/h5-6,11,14H,2-4,7-10,12-13H2,1H3/t20-/m0/s1. The van der Waals surface area contributed by atoms with Crippen LogP contribution in [0.25, 0.3) is 0 Å². The number of amides is 2. The average molecular weight is 377 g/mol. The van der Waals surface area contributed by atoms with E-state index in [4.69, 9.17) is 16.3 Å². The number of ether oxygens (including phenoxy) is 1. The second-order valence-electron chi connectivity index (χ2n) is 7.90. The van der Waals surface area contributed by atoms with Crippen molar-refractivity contribution in [1.82, 2.24) is 9.80 Å². The van der Waals surface area contributed by atoms with Crippen molar-refractivity contribution in [3.8, 4) is 5.75 Å². The number of benzene rings is 1. The molecule has 1 spiro atoms. The predicted molar refractivity (Wildman–Crippen MR) is 99.5 cm³/mol. The van der Waals surface area contributed by atoms with Gasteiger partial charge in [0.15, 0.2) is 0 Å². The Labute approximate surface area is 159 Å². The summed E-state index contributed by atoms with van der Waals surface area (Å²) < 4.78 is 5.33. The van der Waals surface area contributed by atoms with Crippen LogP contribution in [0.1, 0.15) is 42.5 Å². The van der Waals surface area contributed by atoms with Crippen LogP contribution in [-0.2, 0) is 4.79 Å². The van der Waals surface area contributed by atoms with Crippen LogP contribution in [0.4, 0.5) is 0 Å². The normalized spacial score (nSPS) is 25.8. The smallest absolute Gasteiger partial charge is 0.257 e. The molecule has 2 heterocycles. The first-order valence-corrected chi connectivity index (χ1v) is 9.82. The van der Waals surface area contributed by atoms with E-state index in [1.54, 1.807) is 30.2 Å². The topological polar surface area (TPSA) is 49.9 Å². The molecule has 0 N–H and O–H groups in total. The minimum absolute atomic E-state index is 0.103. The van der Waals surface area contributed by atoms with Gasteiger partial charge in [-0.25, -0.2) is 0 Å². The highest BCUT2D eigenvalue weighted by Gasteiger charge is 2.50. The van der Waals surface area contributed by atoms with Crippen LogP contribution in [0, 0.1) is 11.3 Å². The average Bonchev–Trinajstić information content (AvgIpc) is 3.36. The SMILES string of the molecule is COc1ccc(Cl)cc1C(=O)N1CC[C@@]2(CCCN(CC3CC3)C2=O)C1. The van der Waals surface area contributed by atoms with Crippen molar-refractivity contribution < 1.29 is 14.3 Å². The van der Waals surface area contributed by atoms with Gasteiger partial charge >= 0.3 is 0 Å². The molecule has 0 unspecified atom stereocenters. The molecule has 6 heteroatoms. The van der Waals surface area contributed by atoms with Crippen molar-refractivity contribution in [2.24, 2.45) is 11.3 Å². The number of rotatable bonds is 4. The van der Waals surface area contributed by atoms with E-state index in [9.17, 15) is 9.59 Å². The van der Waals surface area contributed by atoms with Gasteiger partial charge in [-0.2, -0.15) is 0 Å². The zero-order valence-electron chi connectivity index (χ0n) is 15.2. The van der Waals surface area contributed by atoms with Gasteiger partial charge in [-0.3, -0.25) is 9.59 Å². The Kier molecular flexibility index (Phi) is 4.59. The summed E-state index contributed by atoms with van der Waals surface area (Å²) in [4.78, 5) is 30.0. The third-order valence-corrected chi connectivity index (χ3v) is 6.27. The summed E-state index contributed by atoms with van der Waals surface area (Å²) in [7, 11) is 1.55. The lowest BCUT2D eigenvalue weighted by molar-refractivity contribution is -0.145. The van der Waals surface area contributed by atoms with Crippen LogP contribution < -0.4 is 4.74 Å². The van der Waals surface area contributed by atoms with E-state index in [-0.39, 0.29) is 11.8 Å². The molecule has 2 amide bonds. The molecule has 0 radical (unpaired) electrons. The van der Waals surface area contributed by atoms with Crippen molar-refractivity contribution in [1.29, 1.82) is 0 Å². The number of methoxy groups -OCH3 is 1. The minimum Gasteiger partial charge on any atom is -0.496 e. The highest BCUT2D eigenvalue weighted by Crippen LogP contribution is 2.42. The first-order valence-electron chi connectivity index (χ1n) is 9.45. The number of carbonyl (C=O) groups excluding carboxylic acids is 2. The van der Waals surface area contributed by atoms with Crippen LogP contribution in [0.15, 0.2) is 18.2 Å². The third-order valence-electron chi connectivity index (χ3n) is 6.03. The van der Waals surface area contributed by atoms with Crippen LogP contribution in [-0.4, -0.2) is 54.9 Å². The minimum atomic E-state index is -0.394. The number of likely N-dealkylation sites (tertiary alicyclic amines) is 2. The van der Waals surface area contributed by atoms with Gasteiger partial charge in [-0.15, -0.1) is 0 Å². The van der Waals surface area contributed by atoms with Gasteiger partial charge in [0.05, 0.1) is 18.1 Å². The fourth-order valence-electron chi connectivity index (χ4n) is 4.38. The number of piperidine rings is 1. The Morgan fingerprint density at radius 3 is 2.85 bits per heavy atom. The Bertz CT molecular complexity index is 734. The molecule has 26 heavy (non-hydrogen) atoms. The number of hydrogen-bond donors (Lipinski definition) is 0. The summed E-state index contributed by atoms with van der Waals surface area (Å²) >= 11 is 6.08. The number of carbonyl (C=O) groups is 2. The Morgan fingerprint density at radius 2 is 2.12 bits per heavy atom. The van der Waals surface area contributed by atoms with E-state index in [0.717, 1.165) is 32.4 Å². The molecule has 1 aliphatic carbocycles. The zero-order chi connectivity index (χ0) is 18.3. The van der Waals surface area contributed by atoms with E-state index in [1.807, 2.05) is 0 Å². The Morgan fingerprint density at radius 1 is 1.31 bits per heavy atom. The molecule has 2 saturated heterocycles. The summed E-state index contributed by atoms with van der Waals surface area (Å²) in [6, 6.07) is 5.07. The largest absolute Gasteiger partial charge is 0.496 e. The van der Waals surface area contributed by atoms with E-state index in [2.05, 4.69) is 4.90 Å². The first-order chi connectivity index (χ1) is 12.5. The summed E-state index contributed by atoms with van der Waals surface area (Å²) in [6.07, 6.45) is 5.15. The van der Waals surface area contributed by atoms with Gasteiger partial charge in [0.1, 0.15) is 5.75 Å². The molecule has 1 aromatic carbocycles. The molecule has 0 aromatic heterocycles. The molecule has 5 nitrogen and oxygen atoms in total. The highest BCUT2D eigenvalue weighted by molar-refractivity contribution is 6.31. The molecule has 140 valence electrons. The fourth-order valence-corrected chi connectivity index (χ4v) is 4.55. The van der Waals surface area contributed by atoms with Gasteiger partial charge in [0.25, 0.3) is 5.91 Å². The van der Waals surface area contributed by atoms with Gasteiger partial charge < -0.3 is 14.5 Å². The van der Waals surface area contributed by atoms with E-state index >= 15 is 0 Å². The summed E-state index contributed by atoms with van der Waals surface area (Å²) in [5.41, 5.74) is 0.0735.